The maximum atomic E-state index is 11.3. The molecule has 0 amide bonds. The summed E-state index contributed by atoms with van der Waals surface area (Å²) in [7, 11) is 0. The molecule has 0 aliphatic carbocycles. The first kappa shape index (κ1) is 12.2. The number of halogens is 1. The summed E-state index contributed by atoms with van der Waals surface area (Å²) in [5.41, 5.74) is 0.905. The van der Waals surface area contributed by atoms with E-state index in [-0.39, 0.29) is 5.69 Å². The van der Waals surface area contributed by atoms with Gasteiger partial charge < -0.3 is 9.67 Å². The summed E-state index contributed by atoms with van der Waals surface area (Å²) in [5, 5.41) is 12.3. The third-order valence-corrected chi connectivity index (χ3v) is 3.72. The van der Waals surface area contributed by atoms with Gasteiger partial charge in [0.15, 0.2) is 0 Å². The van der Waals surface area contributed by atoms with Crippen molar-refractivity contribution in [3.8, 4) is 0 Å². The fraction of sp³-hybridized carbons (Fsp3) is 0. The van der Waals surface area contributed by atoms with Gasteiger partial charge in [-0.15, -0.1) is 11.3 Å². The number of rotatable bonds is 3. The summed E-state index contributed by atoms with van der Waals surface area (Å²) in [6.07, 6.45) is 1.58. The number of thiophene rings is 1. The van der Waals surface area contributed by atoms with Crippen LogP contribution in [0.5, 0.6) is 0 Å². The summed E-state index contributed by atoms with van der Waals surface area (Å²) in [5.74, 6) is -0.986. The van der Waals surface area contributed by atoms with E-state index < -0.39 is 5.97 Å². The standard InChI is InChI=1S/C13H8ClN2O2S/c14-12-5-8-4-10(13(17)18)16(11(8)6-15-12)7-9-2-1-3-19-9/h1-7H,(H,17,18). The number of aromatic carboxylic acids is 1. The Hall–Kier alpha value is -1.85. The molecule has 0 atom stereocenters. The minimum atomic E-state index is -0.986. The Labute approximate surface area is 117 Å². The molecule has 3 aromatic heterocycles. The van der Waals surface area contributed by atoms with Gasteiger partial charge in [0, 0.05) is 10.3 Å². The lowest BCUT2D eigenvalue weighted by molar-refractivity contribution is 0.0688. The van der Waals surface area contributed by atoms with Crippen LogP contribution in [0.2, 0.25) is 5.15 Å². The monoisotopic (exact) mass is 291 g/mol. The van der Waals surface area contributed by atoms with E-state index in [9.17, 15) is 9.90 Å². The SMILES string of the molecule is O=C(O)c1cc2cc(Cl)ncc2n1[CH]c1cccs1. The Morgan fingerprint density at radius 3 is 3.00 bits per heavy atom. The highest BCUT2D eigenvalue weighted by Crippen LogP contribution is 2.25. The molecule has 1 radical (unpaired) electrons. The number of hydrogen-bond donors (Lipinski definition) is 1. The van der Waals surface area contributed by atoms with Crippen LogP contribution in [0, 0.1) is 6.54 Å². The maximum Gasteiger partial charge on any atom is 0.352 e. The first-order valence-corrected chi connectivity index (χ1v) is 6.69. The molecule has 0 saturated carbocycles. The van der Waals surface area contributed by atoms with Crippen LogP contribution in [-0.2, 0) is 0 Å². The van der Waals surface area contributed by atoms with Gasteiger partial charge in [-0.2, -0.15) is 0 Å². The molecule has 3 aromatic rings. The van der Waals surface area contributed by atoms with Gasteiger partial charge in [0.1, 0.15) is 10.8 Å². The van der Waals surface area contributed by atoms with E-state index in [1.165, 1.54) is 11.3 Å². The number of carboxylic acid groups (broad SMARTS) is 1. The number of carboxylic acids is 1. The van der Waals surface area contributed by atoms with Crippen molar-refractivity contribution >= 4 is 39.8 Å². The van der Waals surface area contributed by atoms with Crippen LogP contribution in [0.1, 0.15) is 15.4 Å². The zero-order chi connectivity index (χ0) is 13.4. The Bertz CT molecular complexity index is 749. The Morgan fingerprint density at radius 1 is 1.47 bits per heavy atom. The smallest absolute Gasteiger partial charge is 0.352 e. The summed E-state index contributed by atoms with van der Waals surface area (Å²) in [6, 6.07) is 7.08. The van der Waals surface area contributed by atoms with Crippen molar-refractivity contribution in [1.82, 2.24) is 9.55 Å². The molecule has 0 unspecified atom stereocenters. The predicted octanol–water partition coefficient (Wildman–Crippen LogP) is 3.51. The van der Waals surface area contributed by atoms with Gasteiger partial charge in [-0.1, -0.05) is 17.7 Å². The van der Waals surface area contributed by atoms with Crippen molar-refractivity contribution in [2.24, 2.45) is 0 Å². The second-order valence-corrected chi connectivity index (χ2v) is 5.28. The van der Waals surface area contributed by atoms with Crippen molar-refractivity contribution in [3.05, 3.63) is 58.1 Å². The topological polar surface area (TPSA) is 55.1 Å². The molecule has 6 heteroatoms. The molecule has 3 heterocycles. The summed E-state index contributed by atoms with van der Waals surface area (Å²) in [6.45, 7) is 1.78. The minimum absolute atomic E-state index is 0.187. The minimum Gasteiger partial charge on any atom is -0.477 e. The summed E-state index contributed by atoms with van der Waals surface area (Å²) < 4.78 is 1.62. The van der Waals surface area contributed by atoms with Crippen LogP contribution < -0.4 is 0 Å². The molecule has 3 rings (SSSR count). The molecule has 4 nitrogen and oxygen atoms in total. The van der Waals surface area contributed by atoms with Gasteiger partial charge in [-0.25, -0.2) is 9.78 Å². The van der Waals surface area contributed by atoms with Crippen LogP contribution in [0.4, 0.5) is 0 Å². The molecule has 19 heavy (non-hydrogen) atoms. The van der Waals surface area contributed by atoms with Crippen LogP contribution in [-0.4, -0.2) is 20.6 Å². The lowest BCUT2D eigenvalue weighted by atomic mass is 10.3. The van der Waals surface area contributed by atoms with E-state index in [2.05, 4.69) is 4.98 Å². The van der Waals surface area contributed by atoms with Crippen molar-refractivity contribution in [1.29, 1.82) is 0 Å². The predicted molar refractivity (Wildman–Crippen MR) is 74.8 cm³/mol. The number of fused-ring (bicyclic) bond motifs is 1. The fourth-order valence-electron chi connectivity index (χ4n) is 1.90. The van der Waals surface area contributed by atoms with Gasteiger partial charge in [0.2, 0.25) is 0 Å². The molecule has 0 bridgehead atoms. The van der Waals surface area contributed by atoms with Gasteiger partial charge in [-0.05, 0) is 23.6 Å². The van der Waals surface area contributed by atoms with Crippen molar-refractivity contribution in [2.75, 3.05) is 0 Å². The Kier molecular flexibility index (Phi) is 3.00. The Balaban J connectivity index is 2.19. The zero-order valence-corrected chi connectivity index (χ0v) is 11.1. The average Bonchev–Trinajstić information content (AvgIpc) is 2.97. The lowest BCUT2D eigenvalue weighted by Crippen LogP contribution is -2.07. The maximum absolute atomic E-state index is 11.3. The van der Waals surface area contributed by atoms with E-state index in [4.69, 9.17) is 11.6 Å². The molecule has 0 aliphatic heterocycles. The van der Waals surface area contributed by atoms with Gasteiger partial charge >= 0.3 is 5.97 Å². The zero-order valence-electron chi connectivity index (χ0n) is 9.58. The molecular formula is C13H8ClN2O2S. The molecule has 0 fully saturated rings. The number of aromatic nitrogens is 2. The molecule has 0 aliphatic rings. The second-order valence-electron chi connectivity index (χ2n) is 3.92. The average molecular weight is 292 g/mol. The molecule has 95 valence electrons. The van der Waals surface area contributed by atoms with E-state index in [1.54, 1.807) is 29.4 Å². The van der Waals surface area contributed by atoms with Gasteiger partial charge in [-0.3, -0.25) is 0 Å². The second kappa shape index (κ2) is 4.68. The van der Waals surface area contributed by atoms with Crippen molar-refractivity contribution < 1.29 is 9.90 Å². The van der Waals surface area contributed by atoms with E-state index >= 15 is 0 Å². The first-order chi connectivity index (χ1) is 9.15. The van der Waals surface area contributed by atoms with Crippen LogP contribution in [0.15, 0.2) is 35.8 Å². The largest absolute Gasteiger partial charge is 0.477 e. The molecule has 0 saturated heterocycles. The van der Waals surface area contributed by atoms with Crippen LogP contribution >= 0.6 is 22.9 Å². The van der Waals surface area contributed by atoms with E-state index in [1.807, 2.05) is 17.5 Å². The van der Waals surface area contributed by atoms with E-state index in [0.717, 1.165) is 15.8 Å². The number of pyridine rings is 1. The first-order valence-electron chi connectivity index (χ1n) is 5.43. The number of carbonyl (C=O) groups is 1. The third-order valence-electron chi connectivity index (χ3n) is 2.71. The van der Waals surface area contributed by atoms with Crippen LogP contribution in [0.25, 0.3) is 10.9 Å². The summed E-state index contributed by atoms with van der Waals surface area (Å²) >= 11 is 7.36. The van der Waals surface area contributed by atoms with E-state index in [0.29, 0.717) is 5.15 Å². The van der Waals surface area contributed by atoms with Crippen molar-refractivity contribution in [2.45, 2.75) is 0 Å². The van der Waals surface area contributed by atoms with Crippen molar-refractivity contribution in [3.63, 3.8) is 0 Å². The van der Waals surface area contributed by atoms with Gasteiger partial charge in [0.05, 0.1) is 18.3 Å². The highest BCUT2D eigenvalue weighted by molar-refractivity contribution is 7.10. The lowest BCUT2D eigenvalue weighted by Gasteiger charge is -2.05. The third kappa shape index (κ3) is 2.22. The van der Waals surface area contributed by atoms with Gasteiger partial charge in [0.25, 0.3) is 0 Å². The number of nitrogens with zero attached hydrogens (tertiary/aromatic N) is 2. The highest BCUT2D eigenvalue weighted by atomic mass is 35.5. The Morgan fingerprint density at radius 2 is 2.32 bits per heavy atom. The quantitative estimate of drug-likeness (QED) is 0.751. The molecule has 1 N–H and O–H groups in total. The normalized spacial score (nSPS) is 11.0. The van der Waals surface area contributed by atoms with Crippen LogP contribution in [0.3, 0.4) is 0 Å². The number of hydrogen-bond acceptors (Lipinski definition) is 3. The summed E-state index contributed by atoms with van der Waals surface area (Å²) in [4.78, 5) is 16.3. The molecule has 0 aromatic carbocycles. The molecular weight excluding hydrogens is 284 g/mol. The highest BCUT2D eigenvalue weighted by Gasteiger charge is 2.16. The fourth-order valence-corrected chi connectivity index (χ4v) is 2.70. The molecule has 0 spiro atoms.